The molecule has 2 N–H and O–H groups in total. The highest BCUT2D eigenvalue weighted by atomic mass is 16.6. The fourth-order valence-electron chi connectivity index (χ4n) is 0.832. The average Bonchev–Trinajstić information content (AvgIpc) is 1.98. The molecule has 88 valence electrons. The summed E-state index contributed by atoms with van der Waals surface area (Å²) in [4.78, 5) is 21.9. The van der Waals surface area contributed by atoms with E-state index in [9.17, 15) is 9.59 Å². The van der Waals surface area contributed by atoms with E-state index in [1.54, 1.807) is 27.7 Å². The van der Waals surface area contributed by atoms with Crippen molar-refractivity contribution in [2.24, 2.45) is 5.92 Å². The first kappa shape index (κ1) is 13.7. The van der Waals surface area contributed by atoms with Gasteiger partial charge in [-0.2, -0.15) is 0 Å². The van der Waals surface area contributed by atoms with Crippen LogP contribution in [0.15, 0.2) is 0 Å². The van der Waals surface area contributed by atoms with Gasteiger partial charge < -0.3 is 15.2 Å². The van der Waals surface area contributed by atoms with E-state index in [0.717, 1.165) is 0 Å². The first-order valence-electron chi connectivity index (χ1n) is 4.86. The van der Waals surface area contributed by atoms with Crippen molar-refractivity contribution < 1.29 is 19.4 Å². The number of ether oxygens (including phenoxy) is 1. The van der Waals surface area contributed by atoms with E-state index in [1.807, 2.05) is 0 Å². The molecule has 15 heavy (non-hydrogen) atoms. The molecule has 2 atom stereocenters. The van der Waals surface area contributed by atoms with Gasteiger partial charge in [-0.25, -0.2) is 4.79 Å². The molecule has 0 aromatic carbocycles. The van der Waals surface area contributed by atoms with Gasteiger partial charge in [0.05, 0.1) is 5.92 Å². The van der Waals surface area contributed by atoms with Gasteiger partial charge in [0.2, 0.25) is 0 Å². The van der Waals surface area contributed by atoms with E-state index >= 15 is 0 Å². The molecular formula is C10H19NO4. The standard InChI is InChI=1S/C10H19NO4/c1-6(8(12)13)7(2)11-9(14)15-10(3,4)5/h6-7H,1-5H3,(H,11,14)(H,12,13)/t6-,7?/m1/s1. The molecule has 0 spiro atoms. The average molecular weight is 217 g/mol. The number of amides is 1. The second kappa shape index (κ2) is 5.00. The number of hydrogen-bond donors (Lipinski definition) is 2. The SMILES string of the molecule is CC(NC(=O)OC(C)(C)C)[C@@H](C)C(=O)O. The topological polar surface area (TPSA) is 75.6 Å². The fourth-order valence-corrected chi connectivity index (χ4v) is 0.832. The first-order valence-corrected chi connectivity index (χ1v) is 4.86. The Balaban J connectivity index is 4.13. The summed E-state index contributed by atoms with van der Waals surface area (Å²) in [7, 11) is 0. The molecule has 0 rings (SSSR count). The van der Waals surface area contributed by atoms with Crippen molar-refractivity contribution in [1.29, 1.82) is 0 Å². The number of carbonyl (C=O) groups is 2. The molecule has 0 radical (unpaired) electrons. The van der Waals surface area contributed by atoms with Crippen molar-refractivity contribution in [2.45, 2.75) is 46.3 Å². The van der Waals surface area contributed by atoms with Crippen LogP contribution in [0.4, 0.5) is 4.79 Å². The van der Waals surface area contributed by atoms with Crippen LogP contribution in [0.3, 0.4) is 0 Å². The Kier molecular flexibility index (Phi) is 4.58. The highest BCUT2D eigenvalue weighted by Crippen LogP contribution is 2.08. The Labute approximate surface area is 89.8 Å². The van der Waals surface area contributed by atoms with Crippen LogP contribution in [0.2, 0.25) is 0 Å². The smallest absolute Gasteiger partial charge is 0.407 e. The first-order chi connectivity index (χ1) is 6.63. The molecule has 0 bridgehead atoms. The third-order valence-corrected chi connectivity index (χ3v) is 1.88. The third-order valence-electron chi connectivity index (χ3n) is 1.88. The Hall–Kier alpha value is -1.26. The van der Waals surface area contributed by atoms with Crippen molar-refractivity contribution in [3.63, 3.8) is 0 Å². The number of rotatable bonds is 3. The Bertz CT molecular complexity index is 244. The van der Waals surface area contributed by atoms with Gasteiger partial charge in [0.25, 0.3) is 0 Å². The van der Waals surface area contributed by atoms with Gasteiger partial charge in [0.1, 0.15) is 5.60 Å². The minimum Gasteiger partial charge on any atom is -0.481 e. The lowest BCUT2D eigenvalue weighted by Crippen LogP contribution is -2.42. The van der Waals surface area contributed by atoms with Crippen LogP contribution in [0.1, 0.15) is 34.6 Å². The van der Waals surface area contributed by atoms with Crippen LogP contribution >= 0.6 is 0 Å². The lowest BCUT2D eigenvalue weighted by atomic mass is 10.0. The Morgan fingerprint density at radius 1 is 1.27 bits per heavy atom. The molecule has 0 heterocycles. The molecule has 0 aliphatic rings. The molecule has 0 aromatic heterocycles. The van der Waals surface area contributed by atoms with E-state index in [2.05, 4.69) is 5.32 Å². The largest absolute Gasteiger partial charge is 0.481 e. The fraction of sp³-hybridized carbons (Fsp3) is 0.800. The highest BCUT2D eigenvalue weighted by Gasteiger charge is 2.23. The summed E-state index contributed by atoms with van der Waals surface area (Å²) in [6.07, 6.45) is -0.594. The summed E-state index contributed by atoms with van der Waals surface area (Å²) < 4.78 is 5.00. The Morgan fingerprint density at radius 3 is 2.07 bits per heavy atom. The third kappa shape index (κ3) is 5.93. The predicted octanol–water partition coefficient (Wildman–Crippen LogP) is 1.62. The number of aliphatic carboxylic acids is 1. The zero-order valence-corrected chi connectivity index (χ0v) is 9.83. The lowest BCUT2D eigenvalue weighted by Gasteiger charge is -2.23. The van der Waals surface area contributed by atoms with Gasteiger partial charge in [-0.05, 0) is 34.6 Å². The molecule has 0 aliphatic carbocycles. The molecule has 0 saturated carbocycles. The molecule has 5 nitrogen and oxygen atoms in total. The maximum Gasteiger partial charge on any atom is 0.407 e. The van der Waals surface area contributed by atoms with E-state index in [0.29, 0.717) is 0 Å². The summed E-state index contributed by atoms with van der Waals surface area (Å²) in [5.41, 5.74) is -0.573. The van der Waals surface area contributed by atoms with E-state index < -0.39 is 29.6 Å². The predicted molar refractivity (Wildman–Crippen MR) is 55.6 cm³/mol. The maximum atomic E-state index is 11.3. The van der Waals surface area contributed by atoms with Crippen LogP contribution in [0.5, 0.6) is 0 Å². The number of nitrogens with one attached hydrogen (secondary N) is 1. The highest BCUT2D eigenvalue weighted by molar-refractivity contribution is 5.73. The molecule has 5 heteroatoms. The molecule has 0 aliphatic heterocycles. The molecule has 1 amide bonds. The van der Waals surface area contributed by atoms with Gasteiger partial charge in [0, 0.05) is 6.04 Å². The lowest BCUT2D eigenvalue weighted by molar-refractivity contribution is -0.141. The number of carbonyl (C=O) groups excluding carboxylic acids is 1. The van der Waals surface area contributed by atoms with E-state index in [4.69, 9.17) is 9.84 Å². The normalized spacial score (nSPS) is 15.3. The summed E-state index contributed by atoms with van der Waals surface area (Å²) in [6, 6.07) is -0.461. The Morgan fingerprint density at radius 2 is 1.73 bits per heavy atom. The van der Waals surface area contributed by atoms with Crippen LogP contribution < -0.4 is 5.32 Å². The molecule has 0 saturated heterocycles. The number of carboxylic acids is 1. The van der Waals surface area contributed by atoms with E-state index in [-0.39, 0.29) is 0 Å². The minimum atomic E-state index is -0.946. The summed E-state index contributed by atoms with van der Waals surface area (Å²) >= 11 is 0. The van der Waals surface area contributed by atoms with Gasteiger partial charge in [-0.15, -0.1) is 0 Å². The van der Waals surface area contributed by atoms with Crippen molar-refractivity contribution in [3.8, 4) is 0 Å². The summed E-state index contributed by atoms with van der Waals surface area (Å²) in [5.74, 6) is -1.59. The van der Waals surface area contributed by atoms with Crippen LogP contribution in [-0.4, -0.2) is 28.8 Å². The van der Waals surface area contributed by atoms with Gasteiger partial charge in [-0.1, -0.05) is 0 Å². The van der Waals surface area contributed by atoms with Gasteiger partial charge in [-0.3, -0.25) is 4.79 Å². The van der Waals surface area contributed by atoms with Gasteiger partial charge in [0.15, 0.2) is 0 Å². The zero-order valence-electron chi connectivity index (χ0n) is 9.83. The second-order valence-corrected chi connectivity index (χ2v) is 4.56. The van der Waals surface area contributed by atoms with Crippen molar-refractivity contribution in [3.05, 3.63) is 0 Å². The minimum absolute atomic E-state index is 0.461. The summed E-state index contributed by atoms with van der Waals surface area (Å²) in [5, 5.41) is 11.2. The van der Waals surface area contributed by atoms with Gasteiger partial charge >= 0.3 is 12.1 Å². The van der Waals surface area contributed by atoms with Crippen LogP contribution in [-0.2, 0) is 9.53 Å². The molecule has 0 aromatic rings. The van der Waals surface area contributed by atoms with Crippen LogP contribution in [0, 0.1) is 5.92 Å². The second-order valence-electron chi connectivity index (χ2n) is 4.56. The molecule has 1 unspecified atom stereocenters. The zero-order chi connectivity index (χ0) is 12.2. The molecular weight excluding hydrogens is 198 g/mol. The number of alkyl carbamates (subject to hydrolysis) is 1. The van der Waals surface area contributed by atoms with Crippen molar-refractivity contribution in [2.75, 3.05) is 0 Å². The molecule has 0 fully saturated rings. The maximum absolute atomic E-state index is 11.3. The quantitative estimate of drug-likeness (QED) is 0.753. The van der Waals surface area contributed by atoms with Crippen molar-refractivity contribution in [1.82, 2.24) is 5.32 Å². The van der Waals surface area contributed by atoms with E-state index in [1.165, 1.54) is 6.92 Å². The summed E-state index contributed by atoms with van der Waals surface area (Å²) in [6.45, 7) is 8.40. The van der Waals surface area contributed by atoms with Crippen LogP contribution in [0.25, 0.3) is 0 Å². The number of carboxylic acid groups (broad SMARTS) is 1. The number of hydrogen-bond acceptors (Lipinski definition) is 3. The van der Waals surface area contributed by atoms with Crippen molar-refractivity contribution >= 4 is 12.1 Å². The monoisotopic (exact) mass is 217 g/mol.